The number of aryl methyl sites for hydroxylation is 1. The molecule has 2 aliphatic rings. The van der Waals surface area contributed by atoms with Gasteiger partial charge < -0.3 is 9.80 Å². The number of carbonyl (C=O) groups excluding carboxylic acids is 2. The second-order valence-corrected chi connectivity index (χ2v) is 8.51. The van der Waals surface area contributed by atoms with Crippen LogP contribution in [0.1, 0.15) is 11.1 Å². The first-order chi connectivity index (χ1) is 14.9. The fraction of sp³-hybridized carbons (Fsp3) is 0.250. The van der Waals surface area contributed by atoms with Crippen molar-refractivity contribution in [1.29, 1.82) is 0 Å². The Morgan fingerprint density at radius 1 is 0.968 bits per heavy atom. The number of nitrogens with zero attached hydrogens (tertiary/aromatic N) is 3. The van der Waals surface area contributed by atoms with E-state index in [2.05, 4.69) is 36.6 Å². The number of rotatable bonds is 5. The van der Waals surface area contributed by atoms with E-state index in [0.29, 0.717) is 40.0 Å². The third-order valence-electron chi connectivity index (χ3n) is 5.62. The topological polar surface area (TPSA) is 43.9 Å². The summed E-state index contributed by atoms with van der Waals surface area (Å²) >= 11 is 12.5. The highest BCUT2D eigenvalue weighted by molar-refractivity contribution is 6.41. The van der Waals surface area contributed by atoms with E-state index in [4.69, 9.17) is 23.2 Å². The molecule has 0 aromatic heterocycles. The minimum absolute atomic E-state index is 0.152. The molecule has 2 heterocycles. The van der Waals surface area contributed by atoms with Crippen molar-refractivity contribution in [2.24, 2.45) is 0 Å². The molecule has 0 unspecified atom stereocenters. The van der Waals surface area contributed by atoms with E-state index in [-0.39, 0.29) is 18.4 Å². The lowest BCUT2D eigenvalue weighted by Gasteiger charge is -2.37. The maximum atomic E-state index is 13.2. The average molecular weight is 456 g/mol. The number of halogens is 2. The van der Waals surface area contributed by atoms with E-state index >= 15 is 0 Å². The molecule has 160 valence electrons. The number of carbonyl (C=O) groups is 2. The Morgan fingerprint density at radius 2 is 1.68 bits per heavy atom. The fourth-order valence-electron chi connectivity index (χ4n) is 4.10. The molecule has 2 aromatic carbocycles. The molecule has 1 fully saturated rings. The molecular weight excluding hydrogens is 433 g/mol. The van der Waals surface area contributed by atoms with Crippen LogP contribution in [0.3, 0.4) is 0 Å². The van der Waals surface area contributed by atoms with E-state index in [9.17, 15) is 9.59 Å². The number of imide groups is 1. The summed E-state index contributed by atoms with van der Waals surface area (Å²) in [5.74, 6) is -0.667. The molecule has 0 bridgehead atoms. The zero-order valence-corrected chi connectivity index (χ0v) is 18.8. The van der Waals surface area contributed by atoms with Gasteiger partial charge in [-0.15, -0.1) is 6.58 Å². The van der Waals surface area contributed by atoms with Crippen LogP contribution in [0.2, 0.25) is 10.0 Å². The van der Waals surface area contributed by atoms with Crippen molar-refractivity contribution in [3.8, 4) is 0 Å². The molecule has 1 saturated heterocycles. The van der Waals surface area contributed by atoms with E-state index < -0.39 is 0 Å². The summed E-state index contributed by atoms with van der Waals surface area (Å²) in [5.41, 5.74) is 3.63. The SMILES string of the molecule is C=CCN1C(=O)C(c2ccc(Cl)cc2Cl)=C(N2CCN(c3cccc(C)c3)CC2)C1=O. The van der Waals surface area contributed by atoms with Gasteiger partial charge in [0.25, 0.3) is 11.8 Å². The van der Waals surface area contributed by atoms with Crippen LogP contribution in [0.25, 0.3) is 5.57 Å². The Morgan fingerprint density at radius 3 is 2.32 bits per heavy atom. The summed E-state index contributed by atoms with van der Waals surface area (Å²) in [6.45, 7) is 8.65. The van der Waals surface area contributed by atoms with E-state index in [1.165, 1.54) is 10.5 Å². The zero-order chi connectivity index (χ0) is 22.1. The van der Waals surface area contributed by atoms with Gasteiger partial charge in [-0.1, -0.05) is 47.5 Å². The van der Waals surface area contributed by atoms with Crippen molar-refractivity contribution in [3.05, 3.63) is 82.0 Å². The minimum atomic E-state index is -0.356. The maximum Gasteiger partial charge on any atom is 0.278 e. The minimum Gasteiger partial charge on any atom is -0.368 e. The van der Waals surface area contributed by atoms with E-state index in [1.807, 2.05) is 11.0 Å². The third-order valence-corrected chi connectivity index (χ3v) is 6.17. The molecule has 0 atom stereocenters. The second kappa shape index (κ2) is 8.77. The summed E-state index contributed by atoms with van der Waals surface area (Å²) in [7, 11) is 0. The number of hydrogen-bond donors (Lipinski definition) is 0. The van der Waals surface area contributed by atoms with Crippen molar-refractivity contribution in [1.82, 2.24) is 9.80 Å². The van der Waals surface area contributed by atoms with E-state index in [0.717, 1.165) is 18.8 Å². The Bertz CT molecular complexity index is 1090. The lowest BCUT2D eigenvalue weighted by molar-refractivity contribution is -0.136. The van der Waals surface area contributed by atoms with Gasteiger partial charge in [0.1, 0.15) is 5.70 Å². The molecule has 2 aliphatic heterocycles. The molecule has 0 radical (unpaired) electrons. The molecule has 31 heavy (non-hydrogen) atoms. The Hall–Kier alpha value is -2.76. The number of hydrogen-bond acceptors (Lipinski definition) is 4. The Balaban J connectivity index is 1.67. The van der Waals surface area contributed by atoms with Gasteiger partial charge in [0.05, 0.1) is 10.6 Å². The largest absolute Gasteiger partial charge is 0.368 e. The molecule has 7 heteroatoms. The lowest BCUT2D eigenvalue weighted by atomic mass is 10.0. The van der Waals surface area contributed by atoms with Gasteiger partial charge in [0, 0.05) is 49.0 Å². The first kappa shape index (κ1) is 21.5. The summed E-state index contributed by atoms with van der Waals surface area (Å²) in [4.78, 5) is 31.9. The number of amides is 2. The van der Waals surface area contributed by atoms with Crippen LogP contribution in [0.4, 0.5) is 5.69 Å². The van der Waals surface area contributed by atoms with Crippen molar-refractivity contribution >= 4 is 46.3 Å². The normalized spacial score (nSPS) is 17.1. The maximum absolute atomic E-state index is 13.2. The number of piperazine rings is 1. The van der Waals surface area contributed by atoms with E-state index in [1.54, 1.807) is 24.3 Å². The zero-order valence-electron chi connectivity index (χ0n) is 17.3. The highest BCUT2D eigenvalue weighted by Gasteiger charge is 2.42. The van der Waals surface area contributed by atoms with Gasteiger partial charge in [-0.3, -0.25) is 14.5 Å². The summed E-state index contributed by atoms with van der Waals surface area (Å²) in [6, 6.07) is 13.3. The van der Waals surface area contributed by atoms with Gasteiger partial charge in [-0.2, -0.15) is 0 Å². The predicted octanol–water partition coefficient (Wildman–Crippen LogP) is 4.39. The quantitative estimate of drug-likeness (QED) is 0.495. The summed E-state index contributed by atoms with van der Waals surface area (Å²) < 4.78 is 0. The van der Waals surface area contributed by atoms with Crippen LogP contribution in [0.5, 0.6) is 0 Å². The van der Waals surface area contributed by atoms with Crippen molar-refractivity contribution in [2.45, 2.75) is 6.92 Å². The Labute approximate surface area is 192 Å². The molecule has 0 saturated carbocycles. The van der Waals surface area contributed by atoms with Crippen molar-refractivity contribution < 1.29 is 9.59 Å². The highest BCUT2D eigenvalue weighted by atomic mass is 35.5. The van der Waals surface area contributed by atoms with Gasteiger partial charge in [0.2, 0.25) is 0 Å². The summed E-state index contributed by atoms with van der Waals surface area (Å²) in [6.07, 6.45) is 1.55. The molecular formula is C24H23Cl2N3O2. The average Bonchev–Trinajstić information content (AvgIpc) is 2.99. The first-order valence-electron chi connectivity index (χ1n) is 10.1. The second-order valence-electron chi connectivity index (χ2n) is 7.67. The standard InChI is InChI=1S/C24H23Cl2N3O2/c1-3-9-29-23(30)21(19-8-7-17(25)15-20(19)26)22(24(29)31)28-12-10-27(11-13-28)18-6-4-5-16(2)14-18/h3-8,14-15H,1,9-13H2,2H3. The van der Waals surface area contributed by atoms with Crippen LogP contribution in [0, 0.1) is 6.92 Å². The van der Waals surface area contributed by atoms with Crippen LogP contribution >= 0.6 is 23.2 Å². The molecule has 0 aliphatic carbocycles. The van der Waals surface area contributed by atoms with Crippen LogP contribution in [-0.4, -0.2) is 54.3 Å². The molecule has 2 amide bonds. The number of benzene rings is 2. The first-order valence-corrected chi connectivity index (χ1v) is 10.9. The molecule has 4 rings (SSSR count). The van der Waals surface area contributed by atoms with Gasteiger partial charge in [0.15, 0.2) is 0 Å². The monoisotopic (exact) mass is 455 g/mol. The van der Waals surface area contributed by atoms with Crippen molar-refractivity contribution in [2.75, 3.05) is 37.6 Å². The van der Waals surface area contributed by atoms with Crippen LogP contribution < -0.4 is 4.90 Å². The van der Waals surface area contributed by atoms with Gasteiger partial charge >= 0.3 is 0 Å². The predicted molar refractivity (Wildman–Crippen MR) is 125 cm³/mol. The van der Waals surface area contributed by atoms with Crippen molar-refractivity contribution in [3.63, 3.8) is 0 Å². The van der Waals surface area contributed by atoms with Crippen LogP contribution in [-0.2, 0) is 9.59 Å². The third kappa shape index (κ3) is 4.08. The lowest BCUT2D eigenvalue weighted by Crippen LogP contribution is -2.47. The Kier molecular flexibility index (Phi) is 6.08. The molecule has 0 N–H and O–H groups in total. The summed E-state index contributed by atoms with van der Waals surface area (Å²) in [5, 5.41) is 0.822. The van der Waals surface area contributed by atoms with Gasteiger partial charge in [-0.25, -0.2) is 0 Å². The number of anilines is 1. The highest BCUT2D eigenvalue weighted by Crippen LogP contribution is 2.36. The molecule has 0 spiro atoms. The molecule has 5 nitrogen and oxygen atoms in total. The fourth-order valence-corrected chi connectivity index (χ4v) is 4.60. The molecule has 2 aromatic rings. The smallest absolute Gasteiger partial charge is 0.278 e. The van der Waals surface area contributed by atoms with Crippen LogP contribution in [0.15, 0.2) is 60.8 Å². The van der Waals surface area contributed by atoms with Gasteiger partial charge in [-0.05, 0) is 36.8 Å².